The second kappa shape index (κ2) is 9.46. The maximum atomic E-state index is 13.9. The van der Waals surface area contributed by atoms with Gasteiger partial charge in [0.05, 0.1) is 30.6 Å². The van der Waals surface area contributed by atoms with Gasteiger partial charge in [-0.2, -0.15) is 10.2 Å². The number of hydrogen-bond acceptors (Lipinski definition) is 7. The number of nitriles is 1. The molecule has 0 aliphatic carbocycles. The molecule has 180 valence electrons. The van der Waals surface area contributed by atoms with Gasteiger partial charge in [0.1, 0.15) is 17.6 Å². The maximum absolute atomic E-state index is 13.9. The fourth-order valence-electron chi connectivity index (χ4n) is 4.12. The Kier molecular flexibility index (Phi) is 6.04. The highest BCUT2D eigenvalue weighted by Crippen LogP contribution is 2.28. The minimum atomic E-state index is -0.774. The van der Waals surface area contributed by atoms with E-state index in [1.165, 1.54) is 29.0 Å². The number of aryl methyl sites for hydroxylation is 2. The van der Waals surface area contributed by atoms with Gasteiger partial charge in [0, 0.05) is 11.9 Å². The molecule has 0 saturated carbocycles. The Morgan fingerprint density at radius 1 is 1.17 bits per heavy atom. The minimum Gasteiger partial charge on any atom is -0.493 e. The van der Waals surface area contributed by atoms with Crippen molar-refractivity contribution in [1.82, 2.24) is 19.1 Å². The van der Waals surface area contributed by atoms with Crippen molar-refractivity contribution in [2.45, 2.75) is 26.3 Å². The van der Waals surface area contributed by atoms with Crippen LogP contribution >= 0.6 is 0 Å². The summed E-state index contributed by atoms with van der Waals surface area (Å²) in [5.74, 6) is 0.161. The van der Waals surface area contributed by atoms with Gasteiger partial charge in [-0.3, -0.25) is 9.55 Å². The highest BCUT2D eigenvalue weighted by Gasteiger charge is 2.18. The summed E-state index contributed by atoms with van der Waals surface area (Å²) >= 11 is 0. The van der Waals surface area contributed by atoms with E-state index in [9.17, 15) is 19.2 Å². The van der Waals surface area contributed by atoms with Crippen LogP contribution in [0.25, 0.3) is 5.69 Å². The number of nitrogens with zero attached hydrogens (tertiary/aromatic N) is 5. The molecular weight excluding hydrogens is 463 g/mol. The first kappa shape index (κ1) is 23.0. The van der Waals surface area contributed by atoms with Crippen molar-refractivity contribution in [3.8, 4) is 17.5 Å². The number of halogens is 1. The van der Waals surface area contributed by atoms with E-state index in [1.54, 1.807) is 31.3 Å². The number of ether oxygens (including phenoxy) is 1. The highest BCUT2D eigenvalue weighted by atomic mass is 19.1. The summed E-state index contributed by atoms with van der Waals surface area (Å²) in [5, 5.41) is 12.3. The summed E-state index contributed by atoms with van der Waals surface area (Å²) in [6.07, 6.45) is 4.76. The molecule has 0 fully saturated rings. The van der Waals surface area contributed by atoms with E-state index in [1.807, 2.05) is 12.1 Å². The molecule has 5 rings (SSSR count). The molecule has 0 radical (unpaired) electrons. The lowest BCUT2D eigenvalue weighted by molar-refractivity contribution is 0.288. The van der Waals surface area contributed by atoms with Gasteiger partial charge < -0.3 is 10.1 Å². The van der Waals surface area contributed by atoms with Crippen LogP contribution < -0.4 is 21.4 Å². The monoisotopic (exact) mass is 484 g/mol. The van der Waals surface area contributed by atoms with Crippen molar-refractivity contribution in [2.75, 3.05) is 11.9 Å². The van der Waals surface area contributed by atoms with E-state index >= 15 is 0 Å². The van der Waals surface area contributed by atoms with Crippen molar-refractivity contribution in [3.63, 3.8) is 0 Å². The van der Waals surface area contributed by atoms with Crippen LogP contribution in [0.1, 0.15) is 28.7 Å². The molecule has 0 unspecified atom stereocenters. The van der Waals surface area contributed by atoms with Crippen LogP contribution in [0.15, 0.2) is 64.4 Å². The first-order valence-electron chi connectivity index (χ1n) is 11.3. The van der Waals surface area contributed by atoms with Crippen LogP contribution in [0.5, 0.6) is 5.75 Å². The zero-order valence-corrected chi connectivity index (χ0v) is 19.4. The van der Waals surface area contributed by atoms with Gasteiger partial charge in [-0.1, -0.05) is 6.07 Å². The fraction of sp³-hybridized carbons (Fsp3) is 0.192. The lowest BCUT2D eigenvalue weighted by Crippen LogP contribution is -2.41. The van der Waals surface area contributed by atoms with Gasteiger partial charge >= 0.3 is 11.4 Å². The fourth-order valence-corrected chi connectivity index (χ4v) is 4.12. The first-order valence-corrected chi connectivity index (χ1v) is 11.3. The van der Waals surface area contributed by atoms with E-state index in [2.05, 4.69) is 15.3 Å². The molecule has 10 heteroatoms. The number of aromatic nitrogens is 4. The van der Waals surface area contributed by atoms with Gasteiger partial charge in [-0.25, -0.2) is 18.5 Å². The summed E-state index contributed by atoms with van der Waals surface area (Å²) in [5.41, 5.74) is 1.60. The van der Waals surface area contributed by atoms with E-state index in [4.69, 9.17) is 4.74 Å². The average molecular weight is 484 g/mol. The zero-order valence-electron chi connectivity index (χ0n) is 19.4. The average Bonchev–Trinajstić information content (AvgIpc) is 2.87. The van der Waals surface area contributed by atoms with Crippen LogP contribution in [-0.4, -0.2) is 25.7 Å². The molecule has 0 bridgehead atoms. The van der Waals surface area contributed by atoms with Crippen LogP contribution in [0.2, 0.25) is 0 Å². The number of fused-ring (bicyclic) bond motifs is 1. The third-order valence-electron chi connectivity index (χ3n) is 5.85. The van der Waals surface area contributed by atoms with Gasteiger partial charge in [-0.05, 0) is 72.9 Å². The Balaban J connectivity index is 1.64. The SMILES string of the molecule is Cc1cncc(-n2c(=O)nc(Nc3ccc4c(c3)CCCO4)n(Cc3ccc(F)c(C#N)c3)c2=O)c1. The molecular formula is C26H21FN6O3. The molecule has 1 aliphatic rings. The predicted molar refractivity (Wildman–Crippen MR) is 130 cm³/mol. The lowest BCUT2D eigenvalue weighted by atomic mass is 10.1. The largest absolute Gasteiger partial charge is 0.493 e. The van der Waals surface area contributed by atoms with Gasteiger partial charge in [-0.15, -0.1) is 0 Å². The second-order valence-corrected chi connectivity index (χ2v) is 8.47. The standard InChI is InChI=1S/C26H21FN6O3/c1-16-9-21(14-29-13-16)33-25(34)31-24(30-20-5-7-23-18(11-20)3-2-8-36-23)32(26(33)35)15-17-4-6-22(27)19(10-17)12-28/h4-7,9-11,13-14H,2-3,8,15H2,1H3,(H,30,31,34). The number of benzene rings is 2. The molecule has 2 aromatic heterocycles. The summed E-state index contributed by atoms with van der Waals surface area (Å²) in [4.78, 5) is 34.9. The van der Waals surface area contributed by atoms with E-state index < -0.39 is 17.2 Å². The molecule has 9 nitrogen and oxygen atoms in total. The van der Waals surface area contributed by atoms with E-state index in [0.29, 0.717) is 17.9 Å². The van der Waals surface area contributed by atoms with Crippen LogP contribution in [-0.2, 0) is 13.0 Å². The Bertz CT molecular complexity index is 1640. The number of rotatable bonds is 5. The Labute approximate surface area is 205 Å². The Hall–Kier alpha value is -4.78. The predicted octanol–water partition coefficient (Wildman–Crippen LogP) is 3.23. The van der Waals surface area contributed by atoms with Gasteiger partial charge in [0.2, 0.25) is 5.95 Å². The topological polar surface area (TPSA) is 115 Å². The van der Waals surface area contributed by atoms with Crippen LogP contribution in [0, 0.1) is 24.1 Å². The molecule has 2 aromatic carbocycles. The third-order valence-corrected chi connectivity index (χ3v) is 5.85. The Morgan fingerprint density at radius 2 is 2.03 bits per heavy atom. The van der Waals surface area contributed by atoms with Crippen molar-refractivity contribution >= 4 is 11.6 Å². The smallest absolute Gasteiger partial charge is 0.359 e. The highest BCUT2D eigenvalue weighted by molar-refractivity contribution is 5.58. The van der Waals surface area contributed by atoms with Crippen molar-refractivity contribution in [3.05, 3.63) is 104 Å². The molecule has 0 amide bonds. The van der Waals surface area contributed by atoms with Gasteiger partial charge in [0.25, 0.3) is 0 Å². The van der Waals surface area contributed by atoms with Crippen molar-refractivity contribution in [2.24, 2.45) is 0 Å². The summed E-state index contributed by atoms with van der Waals surface area (Å²) in [6.45, 7) is 2.40. The van der Waals surface area contributed by atoms with Crippen molar-refractivity contribution < 1.29 is 9.13 Å². The van der Waals surface area contributed by atoms with E-state index in [0.717, 1.165) is 34.3 Å². The third kappa shape index (κ3) is 4.46. The molecule has 4 aromatic rings. The first-order chi connectivity index (χ1) is 17.4. The molecule has 1 aliphatic heterocycles. The van der Waals surface area contributed by atoms with E-state index in [-0.39, 0.29) is 23.7 Å². The maximum Gasteiger partial charge on any atom is 0.359 e. The molecule has 3 heterocycles. The summed E-state index contributed by atoms with van der Waals surface area (Å²) < 4.78 is 21.8. The molecule has 0 spiro atoms. The normalized spacial score (nSPS) is 12.4. The van der Waals surface area contributed by atoms with Gasteiger partial charge in [0.15, 0.2) is 0 Å². The summed E-state index contributed by atoms with van der Waals surface area (Å²) in [7, 11) is 0. The quantitative estimate of drug-likeness (QED) is 0.463. The summed E-state index contributed by atoms with van der Waals surface area (Å²) in [6, 6.07) is 13.0. The lowest BCUT2D eigenvalue weighted by Gasteiger charge is -2.19. The molecule has 36 heavy (non-hydrogen) atoms. The molecule has 0 saturated heterocycles. The minimum absolute atomic E-state index is 0.0152. The second-order valence-electron chi connectivity index (χ2n) is 8.47. The number of pyridine rings is 1. The van der Waals surface area contributed by atoms with Crippen LogP contribution in [0.4, 0.5) is 16.0 Å². The van der Waals surface area contributed by atoms with Crippen LogP contribution in [0.3, 0.4) is 0 Å². The Morgan fingerprint density at radius 3 is 2.83 bits per heavy atom. The molecule has 0 atom stereocenters. The number of anilines is 2. The number of hydrogen-bond donors (Lipinski definition) is 1. The zero-order chi connectivity index (χ0) is 25.2. The van der Waals surface area contributed by atoms with Crippen molar-refractivity contribution in [1.29, 1.82) is 5.26 Å². The molecule has 1 N–H and O–H groups in total. The number of nitrogens with one attached hydrogen (secondary N) is 1.